The fraction of sp³-hybridized carbons (Fsp3) is 0.350. The molecule has 0 saturated carbocycles. The van der Waals surface area contributed by atoms with Crippen LogP contribution in [0.3, 0.4) is 0 Å². The molecule has 7 nitrogen and oxygen atoms in total. The van der Waals surface area contributed by atoms with Gasteiger partial charge in [-0.3, -0.25) is 4.79 Å². The monoisotopic (exact) mass is 418 g/mol. The van der Waals surface area contributed by atoms with Crippen molar-refractivity contribution in [1.82, 2.24) is 20.3 Å². The summed E-state index contributed by atoms with van der Waals surface area (Å²) in [7, 11) is 0. The first-order chi connectivity index (χ1) is 14.4. The Morgan fingerprint density at radius 2 is 2.00 bits per heavy atom. The van der Waals surface area contributed by atoms with Crippen LogP contribution in [0.2, 0.25) is 0 Å². The average molecular weight is 418 g/mol. The zero-order chi connectivity index (χ0) is 21.1. The van der Waals surface area contributed by atoms with E-state index in [1.807, 2.05) is 12.3 Å². The first-order valence-electron chi connectivity index (χ1n) is 9.64. The zero-order valence-electron chi connectivity index (χ0n) is 16.0. The van der Waals surface area contributed by atoms with Gasteiger partial charge in [0, 0.05) is 31.0 Å². The minimum atomic E-state index is -4.38. The smallest absolute Gasteiger partial charge is 0.376 e. The van der Waals surface area contributed by atoms with Crippen molar-refractivity contribution in [1.29, 1.82) is 0 Å². The van der Waals surface area contributed by atoms with Crippen molar-refractivity contribution in [3.63, 3.8) is 0 Å². The average Bonchev–Trinajstić information content (AvgIpc) is 3.21. The lowest BCUT2D eigenvalue weighted by molar-refractivity contribution is -0.137. The van der Waals surface area contributed by atoms with Gasteiger partial charge in [0.25, 0.3) is 0 Å². The van der Waals surface area contributed by atoms with Crippen LogP contribution in [0.15, 0.2) is 42.9 Å². The number of alkyl halides is 3. The van der Waals surface area contributed by atoms with E-state index in [-0.39, 0.29) is 18.5 Å². The molecule has 2 aromatic heterocycles. The highest BCUT2D eigenvalue weighted by Crippen LogP contribution is 2.29. The molecule has 3 aromatic rings. The van der Waals surface area contributed by atoms with Gasteiger partial charge in [0.1, 0.15) is 17.8 Å². The molecule has 0 aliphatic carbocycles. The standard InChI is InChI=1S/C20H21F3N6O/c21-20(22,23)13-3-5-14(6-4-13)25-10-17(30)28-15-2-1-9-29(11-15)19-16-7-8-24-18(16)26-12-27-19/h3-8,12,15,25H,1-2,9-11H2,(H,28,30)(H,24,26,27)/t15-/m1/s1. The number of benzene rings is 1. The van der Waals surface area contributed by atoms with Gasteiger partial charge < -0.3 is 20.5 Å². The van der Waals surface area contributed by atoms with E-state index < -0.39 is 11.7 Å². The van der Waals surface area contributed by atoms with Crippen LogP contribution in [-0.4, -0.2) is 46.5 Å². The van der Waals surface area contributed by atoms with Gasteiger partial charge in [-0.25, -0.2) is 9.97 Å². The maximum atomic E-state index is 12.6. The third-order valence-electron chi connectivity index (χ3n) is 5.08. The highest BCUT2D eigenvalue weighted by Gasteiger charge is 2.30. The van der Waals surface area contributed by atoms with Crippen LogP contribution in [0.4, 0.5) is 24.7 Å². The quantitative estimate of drug-likeness (QED) is 0.593. The number of carbonyl (C=O) groups excluding carboxylic acids is 1. The molecule has 0 unspecified atom stereocenters. The van der Waals surface area contributed by atoms with Crippen molar-refractivity contribution in [2.75, 3.05) is 29.9 Å². The van der Waals surface area contributed by atoms with Crippen LogP contribution in [0.5, 0.6) is 0 Å². The molecule has 1 amide bonds. The molecular weight excluding hydrogens is 397 g/mol. The van der Waals surface area contributed by atoms with E-state index in [4.69, 9.17) is 0 Å². The Morgan fingerprint density at radius 3 is 2.77 bits per heavy atom. The second-order valence-corrected chi connectivity index (χ2v) is 7.22. The molecule has 3 N–H and O–H groups in total. The number of hydrogen-bond donors (Lipinski definition) is 3. The van der Waals surface area contributed by atoms with E-state index in [0.29, 0.717) is 12.2 Å². The Morgan fingerprint density at radius 1 is 1.20 bits per heavy atom. The summed E-state index contributed by atoms with van der Waals surface area (Å²) in [6.45, 7) is 1.45. The minimum Gasteiger partial charge on any atom is -0.376 e. The van der Waals surface area contributed by atoms with Gasteiger partial charge >= 0.3 is 6.18 Å². The van der Waals surface area contributed by atoms with Crippen molar-refractivity contribution in [2.24, 2.45) is 0 Å². The lowest BCUT2D eigenvalue weighted by Crippen LogP contribution is -2.49. The van der Waals surface area contributed by atoms with Gasteiger partial charge in [-0.1, -0.05) is 0 Å². The van der Waals surface area contributed by atoms with Crippen LogP contribution in [0, 0.1) is 0 Å². The van der Waals surface area contributed by atoms with Crippen molar-refractivity contribution >= 4 is 28.4 Å². The number of hydrogen-bond acceptors (Lipinski definition) is 5. The van der Waals surface area contributed by atoms with E-state index >= 15 is 0 Å². The first kappa shape index (κ1) is 20.0. The number of nitrogens with zero attached hydrogens (tertiary/aromatic N) is 3. The predicted molar refractivity (Wildman–Crippen MR) is 107 cm³/mol. The molecule has 1 aromatic carbocycles. The Balaban J connectivity index is 1.32. The lowest BCUT2D eigenvalue weighted by atomic mass is 10.1. The zero-order valence-corrected chi connectivity index (χ0v) is 16.0. The van der Waals surface area contributed by atoms with E-state index in [1.54, 1.807) is 0 Å². The van der Waals surface area contributed by atoms with Gasteiger partial charge in [-0.05, 0) is 43.2 Å². The van der Waals surface area contributed by atoms with Crippen molar-refractivity contribution < 1.29 is 18.0 Å². The Labute approximate surface area is 170 Å². The summed E-state index contributed by atoms with van der Waals surface area (Å²) < 4.78 is 37.9. The van der Waals surface area contributed by atoms with Crippen LogP contribution < -0.4 is 15.5 Å². The Kier molecular flexibility index (Phi) is 5.47. The number of halogens is 3. The normalized spacial score (nSPS) is 17.2. The summed E-state index contributed by atoms with van der Waals surface area (Å²) in [6, 6.07) is 6.50. The maximum Gasteiger partial charge on any atom is 0.416 e. The molecule has 1 fully saturated rings. The number of amides is 1. The third-order valence-corrected chi connectivity index (χ3v) is 5.08. The lowest BCUT2D eigenvalue weighted by Gasteiger charge is -2.34. The minimum absolute atomic E-state index is 0.0164. The Bertz CT molecular complexity index is 1020. The fourth-order valence-corrected chi connectivity index (χ4v) is 3.64. The number of fused-ring (bicyclic) bond motifs is 1. The second kappa shape index (κ2) is 8.21. The predicted octanol–water partition coefficient (Wildman–Crippen LogP) is 3.17. The van der Waals surface area contributed by atoms with Crippen molar-refractivity contribution in [3.8, 4) is 0 Å². The molecule has 4 rings (SSSR count). The molecule has 158 valence electrons. The van der Waals surface area contributed by atoms with Crippen molar-refractivity contribution in [3.05, 3.63) is 48.4 Å². The van der Waals surface area contributed by atoms with Crippen LogP contribution in [-0.2, 0) is 11.0 Å². The second-order valence-electron chi connectivity index (χ2n) is 7.22. The molecule has 0 radical (unpaired) electrons. The van der Waals surface area contributed by atoms with Crippen LogP contribution in [0.1, 0.15) is 18.4 Å². The molecular formula is C20H21F3N6O. The summed E-state index contributed by atoms with van der Waals surface area (Å²) in [4.78, 5) is 26.1. The van der Waals surface area contributed by atoms with Crippen molar-refractivity contribution in [2.45, 2.75) is 25.1 Å². The SMILES string of the molecule is O=C(CNc1ccc(C(F)(F)F)cc1)N[C@@H]1CCCN(c2ncnc3[nH]ccc23)C1. The number of nitrogens with one attached hydrogen (secondary N) is 3. The molecule has 1 aliphatic heterocycles. The van der Waals surface area contributed by atoms with Gasteiger partial charge in [0.05, 0.1) is 17.5 Å². The summed E-state index contributed by atoms with van der Waals surface area (Å²) in [5.74, 6) is 0.624. The topological polar surface area (TPSA) is 85.9 Å². The number of aromatic nitrogens is 3. The summed E-state index contributed by atoms with van der Waals surface area (Å²) >= 11 is 0. The number of anilines is 2. The summed E-state index contributed by atoms with van der Waals surface area (Å²) in [5.41, 5.74) is 0.507. The van der Waals surface area contributed by atoms with E-state index in [1.165, 1.54) is 18.5 Å². The molecule has 1 saturated heterocycles. The maximum absolute atomic E-state index is 12.6. The number of H-pyrrole nitrogens is 1. The van der Waals surface area contributed by atoms with E-state index in [2.05, 4.69) is 30.5 Å². The van der Waals surface area contributed by atoms with Crippen LogP contribution >= 0.6 is 0 Å². The number of piperidine rings is 1. The molecule has 10 heteroatoms. The number of carbonyl (C=O) groups is 1. The summed E-state index contributed by atoms with van der Waals surface area (Å²) in [6.07, 6.45) is 0.721. The Hall–Kier alpha value is -3.30. The summed E-state index contributed by atoms with van der Waals surface area (Å²) in [5, 5.41) is 6.79. The van der Waals surface area contributed by atoms with E-state index in [9.17, 15) is 18.0 Å². The van der Waals surface area contributed by atoms with Gasteiger partial charge in [-0.15, -0.1) is 0 Å². The molecule has 3 heterocycles. The van der Waals surface area contributed by atoms with Crippen LogP contribution in [0.25, 0.3) is 11.0 Å². The largest absolute Gasteiger partial charge is 0.416 e. The molecule has 0 bridgehead atoms. The van der Waals surface area contributed by atoms with Gasteiger partial charge in [0.15, 0.2) is 0 Å². The molecule has 1 aliphatic rings. The van der Waals surface area contributed by atoms with Gasteiger partial charge in [-0.2, -0.15) is 13.2 Å². The number of aromatic amines is 1. The van der Waals surface area contributed by atoms with E-state index in [0.717, 1.165) is 48.4 Å². The van der Waals surface area contributed by atoms with Gasteiger partial charge in [0.2, 0.25) is 5.91 Å². The fourth-order valence-electron chi connectivity index (χ4n) is 3.64. The number of rotatable bonds is 5. The third kappa shape index (κ3) is 4.47. The molecule has 30 heavy (non-hydrogen) atoms. The molecule has 0 spiro atoms. The highest BCUT2D eigenvalue weighted by atomic mass is 19.4. The molecule has 1 atom stereocenters. The first-order valence-corrected chi connectivity index (χ1v) is 9.64. The highest BCUT2D eigenvalue weighted by molar-refractivity contribution is 5.87.